The summed E-state index contributed by atoms with van der Waals surface area (Å²) in [5.41, 5.74) is 2.52. The number of tetrazole rings is 1. The second-order valence-electron chi connectivity index (χ2n) is 6.64. The van der Waals surface area contributed by atoms with Gasteiger partial charge in [0.1, 0.15) is 6.33 Å². The number of cyclic esters (lactones) is 1. The van der Waals surface area contributed by atoms with Crippen molar-refractivity contribution in [2.45, 2.75) is 12.6 Å². The summed E-state index contributed by atoms with van der Waals surface area (Å²) in [5.74, 6) is -0.448. The third-order valence-electron chi connectivity index (χ3n) is 4.61. The van der Waals surface area contributed by atoms with Gasteiger partial charge in [-0.3, -0.25) is 0 Å². The molecular formula is C19H16BFN6O3. The zero-order valence-corrected chi connectivity index (χ0v) is 15.8. The Bertz CT molecular complexity index is 1070. The molecule has 4 rings (SSSR count). The van der Waals surface area contributed by atoms with Crippen LogP contribution >= 0.6 is 0 Å². The molecule has 30 heavy (non-hydrogen) atoms. The molecule has 3 aromatic rings. The van der Waals surface area contributed by atoms with Crippen molar-refractivity contribution in [3.05, 3.63) is 60.2 Å². The summed E-state index contributed by atoms with van der Waals surface area (Å²) in [7, 11) is 0.557. The second kappa shape index (κ2) is 8.72. The second-order valence-corrected chi connectivity index (χ2v) is 6.64. The van der Waals surface area contributed by atoms with Crippen LogP contribution in [0.3, 0.4) is 0 Å². The molecule has 1 saturated heterocycles. The predicted molar refractivity (Wildman–Crippen MR) is 106 cm³/mol. The molecule has 0 N–H and O–H groups in total. The van der Waals surface area contributed by atoms with Crippen LogP contribution in [0.1, 0.15) is 5.56 Å². The number of rotatable bonds is 7. The molecule has 11 heteroatoms. The third-order valence-corrected chi connectivity index (χ3v) is 4.61. The van der Waals surface area contributed by atoms with Crippen molar-refractivity contribution >= 4 is 25.0 Å². The Hall–Kier alpha value is -3.76. The maximum atomic E-state index is 14.8. The fraction of sp³-hybridized carbons (Fsp3) is 0.211. The number of halogens is 1. The molecule has 1 aromatic heterocycles. The molecule has 150 valence electrons. The van der Waals surface area contributed by atoms with Crippen LogP contribution in [0.25, 0.3) is 11.1 Å². The molecular weight excluding hydrogens is 390 g/mol. The Morgan fingerprint density at radius 1 is 1.27 bits per heavy atom. The Labute approximate surface area is 171 Å². The molecule has 0 saturated carbocycles. The SMILES string of the molecule is O=BC=NCC1CN(c2ccc(-c3ccc(Cn4cnnn4)cc3)c(F)c2)C(=O)O1. The van der Waals surface area contributed by atoms with Gasteiger partial charge >= 0.3 is 120 Å². The van der Waals surface area contributed by atoms with E-state index in [9.17, 15) is 13.9 Å². The monoisotopic (exact) mass is 406 g/mol. The van der Waals surface area contributed by atoms with Gasteiger partial charge in [-0.15, -0.1) is 5.10 Å². The van der Waals surface area contributed by atoms with Gasteiger partial charge in [0.15, 0.2) is 0 Å². The van der Waals surface area contributed by atoms with Gasteiger partial charge in [-0.05, 0) is 16.0 Å². The van der Waals surface area contributed by atoms with Crippen LogP contribution in [0.15, 0.2) is 53.8 Å². The van der Waals surface area contributed by atoms with E-state index in [0.29, 0.717) is 30.5 Å². The van der Waals surface area contributed by atoms with Crippen molar-refractivity contribution in [1.29, 1.82) is 0 Å². The van der Waals surface area contributed by atoms with Crippen LogP contribution in [-0.2, 0) is 16.0 Å². The Morgan fingerprint density at radius 2 is 2.10 bits per heavy atom. The maximum absolute atomic E-state index is 14.8. The topological polar surface area (TPSA) is 103 Å². The van der Waals surface area contributed by atoms with Crippen LogP contribution in [-0.4, -0.2) is 58.8 Å². The number of anilines is 1. The van der Waals surface area contributed by atoms with Crippen molar-refractivity contribution in [3.8, 4) is 11.1 Å². The van der Waals surface area contributed by atoms with Gasteiger partial charge in [0.05, 0.1) is 6.54 Å². The number of aliphatic imine (C=N–C) groups is 1. The standard InChI is InChI=1S/C19H16BFN6O3/c21-18-7-15(27-10-16(30-19(27)28)8-22-11-20-29)5-6-17(18)14-3-1-13(2-4-14)9-26-12-23-24-25-26/h1-7,11-12,16H,8-10H2. The first-order valence-corrected chi connectivity index (χ1v) is 9.15. The van der Waals surface area contributed by atoms with E-state index in [1.807, 2.05) is 24.3 Å². The molecule has 0 bridgehead atoms. The van der Waals surface area contributed by atoms with E-state index in [1.165, 1.54) is 17.3 Å². The number of ether oxygens (including phenoxy) is 1. The molecule has 1 aliphatic rings. The van der Waals surface area contributed by atoms with Crippen molar-refractivity contribution in [2.24, 2.45) is 4.99 Å². The van der Waals surface area contributed by atoms with E-state index >= 15 is 0 Å². The summed E-state index contributed by atoms with van der Waals surface area (Å²) in [6.07, 6.45) is 1.58. The average molecular weight is 406 g/mol. The number of nitrogens with zero attached hydrogens (tertiary/aromatic N) is 6. The van der Waals surface area contributed by atoms with Gasteiger partial charge in [0.2, 0.25) is 0 Å². The average Bonchev–Trinajstić information content (AvgIpc) is 3.38. The van der Waals surface area contributed by atoms with Gasteiger partial charge < -0.3 is 0 Å². The number of carbonyl (C=O) groups excluding carboxylic acids is 1. The van der Waals surface area contributed by atoms with E-state index in [2.05, 4.69) is 20.5 Å². The van der Waals surface area contributed by atoms with E-state index in [-0.39, 0.29) is 13.1 Å². The third kappa shape index (κ3) is 4.29. The first-order valence-electron chi connectivity index (χ1n) is 9.15. The number of amides is 1. The fourth-order valence-electron chi connectivity index (χ4n) is 3.18. The predicted octanol–water partition coefficient (Wildman–Crippen LogP) is 1.93. The first kappa shape index (κ1) is 19.6. The summed E-state index contributed by atoms with van der Waals surface area (Å²) in [4.78, 5) is 17.3. The minimum absolute atomic E-state index is 0.179. The Morgan fingerprint density at radius 3 is 2.80 bits per heavy atom. The molecule has 1 amide bonds. The molecule has 1 unspecified atom stereocenters. The molecule has 1 atom stereocenters. The fourth-order valence-corrected chi connectivity index (χ4v) is 3.18. The van der Waals surface area contributed by atoms with E-state index in [1.54, 1.807) is 16.8 Å². The van der Waals surface area contributed by atoms with Crippen molar-refractivity contribution in [3.63, 3.8) is 0 Å². The van der Waals surface area contributed by atoms with Crippen LogP contribution in [0, 0.1) is 5.82 Å². The van der Waals surface area contributed by atoms with Crippen LogP contribution in [0.2, 0.25) is 0 Å². The van der Waals surface area contributed by atoms with Crippen LogP contribution < -0.4 is 4.90 Å². The summed E-state index contributed by atoms with van der Waals surface area (Å²) in [5, 5.41) is 11.0. The quantitative estimate of drug-likeness (QED) is 0.439. The molecule has 0 radical (unpaired) electrons. The number of hydrogen-bond donors (Lipinski definition) is 0. The summed E-state index contributed by atoms with van der Waals surface area (Å²) >= 11 is 0. The van der Waals surface area contributed by atoms with Crippen molar-refractivity contribution in [2.75, 3.05) is 18.0 Å². The van der Waals surface area contributed by atoms with Crippen molar-refractivity contribution in [1.82, 2.24) is 20.2 Å². The molecule has 2 aromatic carbocycles. The molecule has 0 spiro atoms. The van der Waals surface area contributed by atoms with Gasteiger partial charge in [0, 0.05) is 0 Å². The van der Waals surface area contributed by atoms with Gasteiger partial charge in [-0.25, -0.2) is 4.68 Å². The number of carbonyl (C=O) groups is 1. The zero-order chi connectivity index (χ0) is 20.9. The molecule has 0 aliphatic carbocycles. The molecule has 9 nitrogen and oxygen atoms in total. The van der Waals surface area contributed by atoms with E-state index < -0.39 is 18.0 Å². The zero-order valence-electron chi connectivity index (χ0n) is 15.8. The van der Waals surface area contributed by atoms with Gasteiger partial charge in [-0.1, -0.05) is 12.1 Å². The van der Waals surface area contributed by atoms with Gasteiger partial charge in [-0.2, -0.15) is 0 Å². The summed E-state index contributed by atoms with van der Waals surface area (Å²) < 4.78 is 31.9. The van der Waals surface area contributed by atoms with E-state index in [4.69, 9.17) is 4.74 Å². The van der Waals surface area contributed by atoms with Gasteiger partial charge in [0.25, 0.3) is 0 Å². The van der Waals surface area contributed by atoms with E-state index in [0.717, 1.165) is 11.7 Å². The Balaban J connectivity index is 1.47. The molecule has 1 aliphatic heterocycles. The number of benzene rings is 2. The molecule has 1 fully saturated rings. The first-order chi connectivity index (χ1) is 14.6. The normalized spacial score (nSPS) is 16.1. The summed E-state index contributed by atoms with van der Waals surface area (Å²) in [6.45, 7) is 0.933. The van der Waals surface area contributed by atoms with Crippen LogP contribution in [0.5, 0.6) is 0 Å². The minimum atomic E-state index is -0.569. The number of hydrogen-bond acceptors (Lipinski definition) is 7. The van der Waals surface area contributed by atoms with Crippen molar-refractivity contribution < 1.29 is 18.6 Å². The number of aromatic nitrogens is 4. The summed E-state index contributed by atoms with van der Waals surface area (Å²) in [6, 6.07) is 12.0. The molecule has 2 heterocycles. The Kier molecular flexibility index (Phi) is 5.69. The van der Waals surface area contributed by atoms with Crippen LogP contribution in [0.4, 0.5) is 14.9 Å².